The van der Waals surface area contributed by atoms with E-state index in [9.17, 15) is 9.59 Å². The Morgan fingerprint density at radius 1 is 0.821 bits per heavy atom. The summed E-state index contributed by atoms with van der Waals surface area (Å²) >= 11 is 0. The van der Waals surface area contributed by atoms with Gasteiger partial charge < -0.3 is 19.4 Å². The molecule has 0 aliphatic carbocycles. The fraction of sp³-hybridized carbons (Fsp3) is 0.381. The lowest BCUT2D eigenvalue weighted by Gasteiger charge is -2.36. The molecule has 3 heterocycles. The number of aromatic nitrogens is 1. The minimum Gasteiger partial charge on any atom is -0.378 e. The molecule has 0 unspecified atom stereocenters. The van der Waals surface area contributed by atoms with Crippen LogP contribution < -0.4 is 4.90 Å². The SMILES string of the molecule is O=C(c1ccnc(C(=O)N2CCN(c3ccccc3)CC2)c1)N1CCOCC1. The standard InChI is InChI=1S/C21H24N4O3/c26-20(25-12-14-28-15-13-25)17-6-7-22-19(16-17)21(27)24-10-8-23(9-11-24)18-4-2-1-3-5-18/h1-7,16H,8-15H2. The van der Waals surface area contributed by atoms with Crippen LogP contribution in [0.5, 0.6) is 0 Å². The second-order valence-electron chi connectivity index (χ2n) is 6.95. The van der Waals surface area contributed by atoms with E-state index in [1.165, 1.54) is 5.69 Å². The Labute approximate surface area is 164 Å². The number of anilines is 1. The Morgan fingerprint density at radius 2 is 1.50 bits per heavy atom. The van der Waals surface area contributed by atoms with Gasteiger partial charge in [-0.2, -0.15) is 0 Å². The molecule has 0 spiro atoms. The molecule has 0 bridgehead atoms. The third-order valence-corrected chi connectivity index (χ3v) is 5.21. The minimum atomic E-state index is -0.121. The van der Waals surface area contributed by atoms with E-state index in [1.54, 1.807) is 23.2 Å². The van der Waals surface area contributed by atoms with Crippen LogP contribution >= 0.6 is 0 Å². The van der Waals surface area contributed by atoms with Crippen molar-refractivity contribution in [2.24, 2.45) is 0 Å². The van der Waals surface area contributed by atoms with Gasteiger partial charge >= 0.3 is 0 Å². The molecule has 1 aromatic carbocycles. The lowest BCUT2D eigenvalue weighted by Crippen LogP contribution is -2.49. The molecule has 2 aliphatic rings. The molecule has 2 saturated heterocycles. The Morgan fingerprint density at radius 3 is 2.21 bits per heavy atom. The highest BCUT2D eigenvalue weighted by molar-refractivity contribution is 5.98. The number of para-hydroxylation sites is 1. The first-order chi connectivity index (χ1) is 13.7. The van der Waals surface area contributed by atoms with Crippen LogP contribution in [0.15, 0.2) is 48.7 Å². The number of hydrogen-bond donors (Lipinski definition) is 0. The first kappa shape index (κ1) is 18.4. The summed E-state index contributed by atoms with van der Waals surface area (Å²) in [4.78, 5) is 35.6. The van der Waals surface area contributed by atoms with Crippen molar-refractivity contribution in [3.8, 4) is 0 Å². The van der Waals surface area contributed by atoms with Gasteiger partial charge in [-0.15, -0.1) is 0 Å². The topological polar surface area (TPSA) is 66.0 Å². The van der Waals surface area contributed by atoms with Gasteiger partial charge in [-0.3, -0.25) is 14.6 Å². The van der Waals surface area contributed by atoms with Crippen LogP contribution in [-0.2, 0) is 4.74 Å². The van der Waals surface area contributed by atoms with E-state index in [1.807, 2.05) is 23.1 Å². The molecule has 0 radical (unpaired) electrons. The predicted octanol–water partition coefficient (Wildman–Crippen LogP) is 1.52. The molecule has 4 rings (SSSR count). The monoisotopic (exact) mass is 380 g/mol. The summed E-state index contributed by atoms with van der Waals surface area (Å²) in [6, 6.07) is 13.5. The average molecular weight is 380 g/mol. The number of rotatable bonds is 3. The maximum Gasteiger partial charge on any atom is 0.272 e. The number of ether oxygens (including phenoxy) is 1. The molecule has 1 aromatic heterocycles. The first-order valence-corrected chi connectivity index (χ1v) is 9.65. The Hall–Kier alpha value is -2.93. The molecule has 2 fully saturated rings. The van der Waals surface area contributed by atoms with Gasteiger partial charge in [0.1, 0.15) is 5.69 Å². The Kier molecular flexibility index (Phi) is 5.53. The third-order valence-electron chi connectivity index (χ3n) is 5.21. The molecular weight excluding hydrogens is 356 g/mol. The van der Waals surface area contributed by atoms with Crippen molar-refractivity contribution < 1.29 is 14.3 Å². The number of nitrogens with zero attached hydrogens (tertiary/aromatic N) is 4. The molecule has 0 saturated carbocycles. The van der Waals surface area contributed by atoms with Crippen LogP contribution in [0, 0.1) is 0 Å². The van der Waals surface area contributed by atoms with Crippen molar-refractivity contribution in [2.75, 3.05) is 57.4 Å². The molecule has 0 atom stereocenters. The highest BCUT2D eigenvalue weighted by atomic mass is 16.5. The second-order valence-corrected chi connectivity index (χ2v) is 6.95. The largest absolute Gasteiger partial charge is 0.378 e. The van der Waals surface area contributed by atoms with E-state index >= 15 is 0 Å². The average Bonchev–Trinajstić information content (AvgIpc) is 2.79. The van der Waals surface area contributed by atoms with Gasteiger partial charge in [0.15, 0.2) is 0 Å². The highest BCUT2D eigenvalue weighted by Crippen LogP contribution is 2.17. The van der Waals surface area contributed by atoms with Crippen molar-refractivity contribution in [1.82, 2.24) is 14.8 Å². The van der Waals surface area contributed by atoms with Crippen LogP contribution in [0.1, 0.15) is 20.8 Å². The molecular formula is C21H24N4O3. The molecule has 2 aliphatic heterocycles. The minimum absolute atomic E-state index is 0.0753. The lowest BCUT2D eigenvalue weighted by molar-refractivity contribution is 0.0303. The van der Waals surface area contributed by atoms with Gasteiger partial charge in [0.05, 0.1) is 13.2 Å². The summed E-state index contributed by atoms with van der Waals surface area (Å²) in [5.41, 5.74) is 2.00. The van der Waals surface area contributed by atoms with Crippen LogP contribution in [0.3, 0.4) is 0 Å². The van der Waals surface area contributed by atoms with Crippen LogP contribution in [0.2, 0.25) is 0 Å². The predicted molar refractivity (Wildman–Crippen MR) is 106 cm³/mol. The number of pyridine rings is 1. The maximum absolute atomic E-state index is 12.9. The number of carbonyl (C=O) groups is 2. The van der Waals surface area contributed by atoms with Gasteiger partial charge in [-0.1, -0.05) is 18.2 Å². The van der Waals surface area contributed by atoms with E-state index in [2.05, 4.69) is 22.0 Å². The number of carbonyl (C=O) groups excluding carboxylic acids is 2. The molecule has 2 amide bonds. The normalized spacial score (nSPS) is 17.5. The molecule has 146 valence electrons. The summed E-state index contributed by atoms with van der Waals surface area (Å²) in [5, 5.41) is 0. The van der Waals surface area contributed by atoms with Gasteiger partial charge in [0, 0.05) is 56.7 Å². The summed E-state index contributed by atoms with van der Waals surface area (Å²) in [7, 11) is 0. The number of piperazine rings is 1. The molecule has 2 aromatic rings. The quantitative estimate of drug-likeness (QED) is 0.808. The fourth-order valence-corrected chi connectivity index (χ4v) is 3.60. The summed E-state index contributed by atoms with van der Waals surface area (Å²) in [5.74, 6) is -0.196. The zero-order valence-corrected chi connectivity index (χ0v) is 15.8. The van der Waals surface area contributed by atoms with Crippen LogP contribution in [0.25, 0.3) is 0 Å². The number of amides is 2. The zero-order valence-electron chi connectivity index (χ0n) is 15.8. The van der Waals surface area contributed by atoms with Crippen molar-refractivity contribution in [3.63, 3.8) is 0 Å². The summed E-state index contributed by atoms with van der Waals surface area (Å²) < 4.78 is 5.30. The van der Waals surface area contributed by atoms with Crippen molar-refractivity contribution >= 4 is 17.5 Å². The van der Waals surface area contributed by atoms with E-state index in [0.29, 0.717) is 50.7 Å². The number of benzene rings is 1. The van der Waals surface area contributed by atoms with E-state index in [-0.39, 0.29) is 11.8 Å². The van der Waals surface area contributed by atoms with E-state index in [4.69, 9.17) is 4.74 Å². The molecule has 28 heavy (non-hydrogen) atoms. The fourth-order valence-electron chi connectivity index (χ4n) is 3.60. The smallest absolute Gasteiger partial charge is 0.272 e. The van der Waals surface area contributed by atoms with Crippen LogP contribution in [0.4, 0.5) is 5.69 Å². The highest BCUT2D eigenvalue weighted by Gasteiger charge is 2.25. The van der Waals surface area contributed by atoms with Gasteiger partial charge in [-0.25, -0.2) is 0 Å². The zero-order chi connectivity index (χ0) is 19.3. The van der Waals surface area contributed by atoms with Gasteiger partial charge in [0.2, 0.25) is 0 Å². The lowest BCUT2D eigenvalue weighted by atomic mass is 10.1. The number of morpholine rings is 1. The third kappa shape index (κ3) is 3.99. The van der Waals surface area contributed by atoms with E-state index < -0.39 is 0 Å². The summed E-state index contributed by atoms with van der Waals surface area (Å²) in [6.45, 7) is 5.08. The molecule has 0 N–H and O–H groups in total. The number of hydrogen-bond acceptors (Lipinski definition) is 5. The van der Waals surface area contributed by atoms with Crippen molar-refractivity contribution in [2.45, 2.75) is 0 Å². The van der Waals surface area contributed by atoms with E-state index in [0.717, 1.165) is 13.1 Å². The Bertz CT molecular complexity index is 829. The van der Waals surface area contributed by atoms with Crippen molar-refractivity contribution in [3.05, 3.63) is 59.9 Å². The van der Waals surface area contributed by atoms with Crippen molar-refractivity contribution in [1.29, 1.82) is 0 Å². The first-order valence-electron chi connectivity index (χ1n) is 9.65. The molecule has 7 heteroatoms. The van der Waals surface area contributed by atoms with Crippen LogP contribution in [-0.4, -0.2) is 79.1 Å². The maximum atomic E-state index is 12.9. The summed E-state index contributed by atoms with van der Waals surface area (Å²) in [6.07, 6.45) is 1.54. The second kappa shape index (κ2) is 8.39. The van der Waals surface area contributed by atoms with Gasteiger partial charge in [0.25, 0.3) is 11.8 Å². The molecule has 7 nitrogen and oxygen atoms in total. The Balaban J connectivity index is 1.40. The van der Waals surface area contributed by atoms with Gasteiger partial charge in [-0.05, 0) is 24.3 Å².